The van der Waals surface area contributed by atoms with Crippen molar-refractivity contribution in [3.05, 3.63) is 52.0 Å². The van der Waals surface area contributed by atoms with Gasteiger partial charge in [-0.25, -0.2) is 8.42 Å². The van der Waals surface area contributed by atoms with Gasteiger partial charge < -0.3 is 10.1 Å². The topological polar surface area (TPSA) is 75.7 Å². The highest BCUT2D eigenvalue weighted by molar-refractivity contribution is 7.92. The number of rotatable bonds is 3. The number of anilines is 2. The van der Waals surface area contributed by atoms with Gasteiger partial charge in [-0.3, -0.25) is 9.10 Å². The highest BCUT2D eigenvalue weighted by Crippen LogP contribution is 2.37. The molecule has 0 saturated carbocycles. The molecule has 1 atom stereocenters. The van der Waals surface area contributed by atoms with Gasteiger partial charge in [0.2, 0.25) is 10.0 Å². The lowest BCUT2D eigenvalue weighted by molar-refractivity contribution is -0.122. The Balaban J connectivity index is 1.89. The van der Waals surface area contributed by atoms with Crippen LogP contribution >= 0.6 is 23.2 Å². The molecule has 9 heteroatoms. The Morgan fingerprint density at radius 3 is 2.50 bits per heavy atom. The van der Waals surface area contributed by atoms with Gasteiger partial charge in [-0.05, 0) is 48.9 Å². The highest BCUT2D eigenvalue weighted by Gasteiger charge is 2.35. The van der Waals surface area contributed by atoms with Gasteiger partial charge in [-0.15, -0.1) is 0 Å². The van der Waals surface area contributed by atoms with E-state index >= 15 is 0 Å². The van der Waals surface area contributed by atoms with Crippen LogP contribution in [0.25, 0.3) is 0 Å². The van der Waals surface area contributed by atoms with Gasteiger partial charge in [0, 0.05) is 15.7 Å². The smallest absolute Gasteiger partial charge is 0.267 e. The summed E-state index contributed by atoms with van der Waals surface area (Å²) in [4.78, 5) is 12.6. The average molecular weight is 415 g/mol. The third kappa shape index (κ3) is 3.90. The molecule has 1 amide bonds. The molecule has 1 aliphatic rings. The van der Waals surface area contributed by atoms with Crippen molar-refractivity contribution < 1.29 is 17.9 Å². The zero-order valence-electron chi connectivity index (χ0n) is 14.0. The zero-order chi connectivity index (χ0) is 19.1. The van der Waals surface area contributed by atoms with E-state index in [1.54, 1.807) is 30.3 Å². The summed E-state index contributed by atoms with van der Waals surface area (Å²) in [5.41, 5.74) is 1.68. The van der Waals surface area contributed by atoms with Crippen LogP contribution < -0.4 is 14.4 Å². The minimum atomic E-state index is -3.61. The fourth-order valence-electron chi connectivity index (χ4n) is 2.66. The molecule has 2 aromatic rings. The molecule has 0 unspecified atom stereocenters. The lowest BCUT2D eigenvalue weighted by atomic mass is 10.1. The maximum atomic E-state index is 12.6. The monoisotopic (exact) mass is 414 g/mol. The summed E-state index contributed by atoms with van der Waals surface area (Å²) in [6, 6.07) is 9.67. The third-order valence-electron chi connectivity index (χ3n) is 3.93. The number of sulfonamides is 1. The SMILES string of the molecule is Cc1cc(Cl)ccc1NC(=O)[C@@H]1CN(S(C)(=O)=O)c2cc(Cl)ccc2O1. The van der Waals surface area contributed by atoms with E-state index in [0.29, 0.717) is 21.4 Å². The molecule has 1 N–H and O–H groups in total. The summed E-state index contributed by atoms with van der Waals surface area (Å²) in [7, 11) is -3.61. The second kappa shape index (κ2) is 6.98. The van der Waals surface area contributed by atoms with Crippen LogP contribution in [-0.2, 0) is 14.8 Å². The number of fused-ring (bicyclic) bond motifs is 1. The predicted molar refractivity (Wildman–Crippen MR) is 103 cm³/mol. The lowest BCUT2D eigenvalue weighted by Gasteiger charge is -2.34. The summed E-state index contributed by atoms with van der Waals surface area (Å²) in [6.45, 7) is 1.66. The molecule has 2 aromatic carbocycles. The van der Waals surface area contributed by atoms with Crippen LogP contribution in [0, 0.1) is 6.92 Å². The van der Waals surface area contributed by atoms with E-state index in [9.17, 15) is 13.2 Å². The van der Waals surface area contributed by atoms with Gasteiger partial charge in [-0.2, -0.15) is 0 Å². The molecule has 0 radical (unpaired) electrons. The normalized spacial score (nSPS) is 16.6. The van der Waals surface area contributed by atoms with Crippen LogP contribution in [0.15, 0.2) is 36.4 Å². The van der Waals surface area contributed by atoms with Crippen molar-refractivity contribution in [3.63, 3.8) is 0 Å². The molecular weight excluding hydrogens is 399 g/mol. The zero-order valence-corrected chi connectivity index (χ0v) is 16.3. The molecule has 138 valence electrons. The van der Waals surface area contributed by atoms with E-state index in [1.165, 1.54) is 6.07 Å². The van der Waals surface area contributed by atoms with Crippen LogP contribution in [-0.4, -0.2) is 33.2 Å². The van der Waals surface area contributed by atoms with E-state index < -0.39 is 22.0 Å². The predicted octanol–water partition coefficient (Wildman–Crippen LogP) is 3.47. The number of nitrogens with one attached hydrogen (secondary N) is 1. The molecule has 0 aliphatic carbocycles. The molecular formula is C17H16Cl2N2O4S. The quantitative estimate of drug-likeness (QED) is 0.833. The molecule has 26 heavy (non-hydrogen) atoms. The van der Waals surface area contributed by atoms with E-state index in [2.05, 4.69) is 5.32 Å². The van der Waals surface area contributed by atoms with Crippen LogP contribution in [0.2, 0.25) is 10.0 Å². The van der Waals surface area contributed by atoms with Crippen LogP contribution in [0.3, 0.4) is 0 Å². The number of amides is 1. The first-order chi connectivity index (χ1) is 12.1. The number of hydrogen-bond donors (Lipinski definition) is 1. The molecule has 0 fully saturated rings. The number of aryl methyl sites for hydroxylation is 1. The van der Waals surface area contributed by atoms with Crippen LogP contribution in [0.4, 0.5) is 11.4 Å². The molecule has 6 nitrogen and oxygen atoms in total. The summed E-state index contributed by atoms with van der Waals surface area (Å²) in [5.74, 6) is -0.177. The Bertz CT molecular complexity index is 979. The molecule has 3 rings (SSSR count). The molecule has 0 spiro atoms. The Morgan fingerprint density at radius 2 is 1.85 bits per heavy atom. The molecule has 0 saturated heterocycles. The first kappa shape index (κ1) is 18.8. The van der Waals surface area contributed by atoms with Gasteiger partial charge in [0.15, 0.2) is 6.10 Å². The van der Waals surface area contributed by atoms with Crippen LogP contribution in [0.5, 0.6) is 5.75 Å². The van der Waals surface area contributed by atoms with Crippen molar-refractivity contribution in [2.75, 3.05) is 22.4 Å². The Labute approximate surface area is 161 Å². The molecule has 1 heterocycles. The van der Waals surface area contributed by atoms with Gasteiger partial charge in [0.1, 0.15) is 5.75 Å². The summed E-state index contributed by atoms with van der Waals surface area (Å²) in [5, 5.41) is 3.69. The fraction of sp³-hybridized carbons (Fsp3) is 0.235. The number of hydrogen-bond acceptors (Lipinski definition) is 4. The van der Waals surface area contributed by atoms with Crippen molar-refractivity contribution in [3.8, 4) is 5.75 Å². The van der Waals surface area contributed by atoms with Gasteiger partial charge >= 0.3 is 0 Å². The second-order valence-corrected chi connectivity index (χ2v) is 8.74. The van der Waals surface area contributed by atoms with Crippen molar-refractivity contribution >= 4 is 50.5 Å². The second-order valence-electron chi connectivity index (χ2n) is 5.96. The minimum absolute atomic E-state index is 0.148. The number of carbonyl (C=O) groups is 1. The molecule has 0 aromatic heterocycles. The van der Waals surface area contributed by atoms with Crippen molar-refractivity contribution in [1.82, 2.24) is 0 Å². The lowest BCUT2D eigenvalue weighted by Crippen LogP contribution is -2.48. The number of nitrogens with zero attached hydrogens (tertiary/aromatic N) is 1. The van der Waals surface area contributed by atoms with E-state index in [-0.39, 0.29) is 12.3 Å². The summed E-state index contributed by atoms with van der Waals surface area (Å²) in [6.07, 6.45) is 0.0647. The summed E-state index contributed by atoms with van der Waals surface area (Å²) < 4.78 is 31.1. The maximum absolute atomic E-state index is 12.6. The molecule has 0 bridgehead atoms. The van der Waals surface area contributed by atoms with Crippen molar-refractivity contribution in [2.45, 2.75) is 13.0 Å². The van der Waals surface area contributed by atoms with Crippen molar-refractivity contribution in [2.24, 2.45) is 0 Å². The fourth-order valence-corrected chi connectivity index (χ4v) is 3.95. The number of ether oxygens (including phenoxy) is 1. The first-order valence-electron chi connectivity index (χ1n) is 7.66. The Morgan fingerprint density at radius 1 is 1.19 bits per heavy atom. The van der Waals surface area contributed by atoms with E-state index in [0.717, 1.165) is 16.1 Å². The van der Waals surface area contributed by atoms with Gasteiger partial charge in [-0.1, -0.05) is 23.2 Å². The largest absolute Gasteiger partial charge is 0.476 e. The number of carbonyl (C=O) groups excluding carboxylic acids is 1. The first-order valence-corrected chi connectivity index (χ1v) is 10.3. The summed E-state index contributed by atoms with van der Waals surface area (Å²) >= 11 is 11.9. The number of benzene rings is 2. The standard InChI is InChI=1S/C17H16Cl2N2O4S/c1-10-7-11(18)3-5-13(10)20-17(22)16-9-21(26(2,23)24)14-8-12(19)4-6-15(14)25-16/h3-8,16H,9H2,1-2H3,(H,20,22)/t16-/m0/s1. The van der Waals surface area contributed by atoms with Gasteiger partial charge in [0.25, 0.3) is 5.91 Å². The third-order valence-corrected chi connectivity index (χ3v) is 5.55. The van der Waals surface area contributed by atoms with Crippen LogP contribution in [0.1, 0.15) is 5.56 Å². The molecule has 1 aliphatic heterocycles. The highest BCUT2D eigenvalue weighted by atomic mass is 35.5. The Kier molecular flexibility index (Phi) is 5.05. The Hall–Kier alpha value is -1.96. The maximum Gasteiger partial charge on any atom is 0.267 e. The van der Waals surface area contributed by atoms with E-state index in [1.807, 2.05) is 6.92 Å². The van der Waals surface area contributed by atoms with Gasteiger partial charge in [0.05, 0.1) is 18.5 Å². The average Bonchev–Trinajstić information content (AvgIpc) is 2.55. The van der Waals surface area contributed by atoms with E-state index in [4.69, 9.17) is 27.9 Å². The minimum Gasteiger partial charge on any atom is -0.476 e. The van der Waals surface area contributed by atoms with Crippen molar-refractivity contribution in [1.29, 1.82) is 0 Å². The number of halogens is 2.